The number of methoxy groups -OCH3 is 1. The number of hydrogen-bond donors (Lipinski definition) is 0. The molecule has 1 amide bonds. The Morgan fingerprint density at radius 3 is 2.16 bits per heavy atom. The molecule has 0 atom stereocenters. The number of ether oxygens (including phenoxy) is 2. The number of carbonyl (C=O) groups excluding carboxylic acids is 3. The molecule has 1 aromatic rings. The molecular formula is C18H29N2O5+. The molecule has 0 aromatic carbocycles. The summed E-state index contributed by atoms with van der Waals surface area (Å²) in [5.41, 5.74) is 0.476. The smallest absolute Gasteiger partial charge is 0.335 e. The van der Waals surface area contributed by atoms with Gasteiger partial charge in [-0.1, -0.05) is 27.7 Å². The summed E-state index contributed by atoms with van der Waals surface area (Å²) in [4.78, 5) is 35.4. The Hall–Kier alpha value is -2.70. The van der Waals surface area contributed by atoms with Crippen molar-refractivity contribution in [1.82, 2.24) is 4.90 Å². The van der Waals surface area contributed by atoms with Gasteiger partial charge in [-0.25, -0.2) is 9.59 Å². The third-order valence-electron chi connectivity index (χ3n) is 2.42. The average Bonchev–Trinajstić information content (AvgIpc) is 2.67. The fraction of sp³-hybridized carbons (Fsp3) is 0.444. The minimum Gasteiger partial charge on any atom is -0.466 e. The van der Waals surface area contributed by atoms with Crippen molar-refractivity contribution < 1.29 is 28.4 Å². The van der Waals surface area contributed by atoms with Gasteiger partial charge in [0.1, 0.15) is 5.56 Å². The lowest BCUT2D eigenvalue weighted by atomic mass is 10.2. The second-order valence-corrected chi connectivity index (χ2v) is 4.26. The van der Waals surface area contributed by atoms with Crippen molar-refractivity contribution in [1.29, 1.82) is 0 Å². The lowest BCUT2D eigenvalue weighted by molar-refractivity contribution is -0.727. The Balaban J connectivity index is 0. The number of carbonyl (C=O) groups is 3. The van der Waals surface area contributed by atoms with E-state index in [0.717, 1.165) is 12.2 Å². The van der Waals surface area contributed by atoms with Crippen LogP contribution in [0.2, 0.25) is 0 Å². The van der Waals surface area contributed by atoms with E-state index in [9.17, 15) is 14.4 Å². The summed E-state index contributed by atoms with van der Waals surface area (Å²) in [5, 5.41) is 0. The van der Waals surface area contributed by atoms with E-state index in [-0.39, 0.29) is 12.6 Å². The van der Waals surface area contributed by atoms with Gasteiger partial charge < -0.3 is 14.4 Å². The van der Waals surface area contributed by atoms with Crippen LogP contribution in [-0.4, -0.2) is 44.0 Å². The van der Waals surface area contributed by atoms with Crippen molar-refractivity contribution in [3.8, 4) is 0 Å². The van der Waals surface area contributed by atoms with Crippen LogP contribution in [0.5, 0.6) is 0 Å². The highest BCUT2D eigenvalue weighted by molar-refractivity contribution is 5.93. The van der Waals surface area contributed by atoms with Crippen LogP contribution in [0.4, 0.5) is 0 Å². The van der Waals surface area contributed by atoms with Crippen LogP contribution in [0.15, 0.2) is 36.7 Å². The lowest BCUT2D eigenvalue weighted by Crippen LogP contribution is -2.37. The first-order valence-electron chi connectivity index (χ1n) is 8.07. The van der Waals surface area contributed by atoms with E-state index in [1.54, 1.807) is 43.2 Å². The molecule has 0 radical (unpaired) electrons. The predicted octanol–water partition coefficient (Wildman–Crippen LogP) is 1.96. The Labute approximate surface area is 149 Å². The van der Waals surface area contributed by atoms with E-state index >= 15 is 0 Å². The summed E-state index contributed by atoms with van der Waals surface area (Å²) < 4.78 is 10.8. The molecule has 140 valence electrons. The molecule has 1 heterocycles. The quantitative estimate of drug-likeness (QED) is 0.459. The van der Waals surface area contributed by atoms with Crippen molar-refractivity contribution in [2.24, 2.45) is 0 Å². The van der Waals surface area contributed by atoms with E-state index < -0.39 is 11.9 Å². The second-order valence-electron chi connectivity index (χ2n) is 4.26. The standard InChI is InChI=1S/C14H17N2O5.2C2H6/c1-15(2)14(19)11-5-4-8-16(9-11)10-21-13(18)7-6-12(17)20-3;2*1-2/h4-9H,10H2,1-3H3;2*1-2H3/q+1;;/b7-6+;;. The molecule has 0 aliphatic rings. The Bertz CT molecular complexity index is 568. The summed E-state index contributed by atoms with van der Waals surface area (Å²) in [6.45, 7) is 7.93. The number of hydrogen-bond acceptors (Lipinski definition) is 5. The van der Waals surface area contributed by atoms with Crippen molar-refractivity contribution in [3.63, 3.8) is 0 Å². The van der Waals surface area contributed by atoms with Gasteiger partial charge >= 0.3 is 11.9 Å². The van der Waals surface area contributed by atoms with Gasteiger partial charge in [0, 0.05) is 32.3 Å². The SMILES string of the molecule is CC.CC.COC(=O)/C=C/C(=O)OC[n+]1cccc(C(=O)N(C)C)c1. The molecule has 7 heteroatoms. The molecule has 0 N–H and O–H groups in total. The molecule has 0 fully saturated rings. The Kier molecular flexibility index (Phi) is 14.6. The summed E-state index contributed by atoms with van der Waals surface area (Å²) in [5.74, 6) is -1.48. The highest BCUT2D eigenvalue weighted by Gasteiger charge is 2.13. The van der Waals surface area contributed by atoms with Gasteiger partial charge in [0.15, 0.2) is 12.4 Å². The van der Waals surface area contributed by atoms with E-state index in [1.807, 2.05) is 27.7 Å². The van der Waals surface area contributed by atoms with Crippen LogP contribution < -0.4 is 4.57 Å². The molecule has 1 rings (SSSR count). The summed E-state index contributed by atoms with van der Waals surface area (Å²) >= 11 is 0. The summed E-state index contributed by atoms with van der Waals surface area (Å²) in [6.07, 6.45) is 5.17. The molecule has 7 nitrogen and oxygen atoms in total. The minimum atomic E-state index is -0.683. The minimum absolute atomic E-state index is 0.0705. The number of amides is 1. The molecule has 1 aromatic heterocycles. The first-order chi connectivity index (χ1) is 11.9. The highest BCUT2D eigenvalue weighted by atomic mass is 16.5. The van der Waals surface area contributed by atoms with Crippen molar-refractivity contribution in [2.45, 2.75) is 34.4 Å². The zero-order valence-corrected chi connectivity index (χ0v) is 16.1. The van der Waals surface area contributed by atoms with Gasteiger partial charge in [-0.15, -0.1) is 0 Å². The van der Waals surface area contributed by atoms with Gasteiger partial charge in [0.25, 0.3) is 12.6 Å². The maximum absolute atomic E-state index is 11.8. The van der Waals surface area contributed by atoms with Crippen molar-refractivity contribution >= 4 is 17.8 Å². The number of pyridine rings is 1. The van der Waals surface area contributed by atoms with E-state index in [1.165, 1.54) is 12.0 Å². The molecule has 0 aliphatic carbocycles. The first-order valence-corrected chi connectivity index (χ1v) is 8.07. The number of nitrogens with zero attached hydrogens (tertiary/aromatic N) is 2. The summed E-state index contributed by atoms with van der Waals surface area (Å²) in [6, 6.07) is 3.34. The van der Waals surface area contributed by atoms with Gasteiger partial charge in [-0.3, -0.25) is 4.79 Å². The van der Waals surface area contributed by atoms with Crippen LogP contribution in [-0.2, 0) is 25.8 Å². The second kappa shape index (κ2) is 14.9. The van der Waals surface area contributed by atoms with E-state index in [4.69, 9.17) is 4.74 Å². The normalized spacial score (nSPS) is 9.08. The van der Waals surface area contributed by atoms with Crippen molar-refractivity contribution in [2.75, 3.05) is 21.2 Å². The van der Waals surface area contributed by atoms with Crippen LogP contribution in [0, 0.1) is 0 Å². The van der Waals surface area contributed by atoms with Gasteiger partial charge in [-0.2, -0.15) is 4.57 Å². The third kappa shape index (κ3) is 10.6. The molecular weight excluding hydrogens is 324 g/mol. The molecule has 0 bridgehead atoms. The highest BCUT2D eigenvalue weighted by Crippen LogP contribution is 1.98. The number of esters is 2. The van der Waals surface area contributed by atoms with Crippen LogP contribution in [0.1, 0.15) is 38.1 Å². The Morgan fingerprint density at radius 1 is 1.08 bits per heavy atom. The van der Waals surface area contributed by atoms with Gasteiger partial charge in [0.2, 0.25) is 0 Å². The first kappa shape index (κ1) is 24.6. The lowest BCUT2D eigenvalue weighted by Gasteiger charge is -2.08. The Morgan fingerprint density at radius 2 is 1.64 bits per heavy atom. The molecule has 0 aliphatic heterocycles. The summed E-state index contributed by atoms with van der Waals surface area (Å²) in [7, 11) is 4.51. The van der Waals surface area contributed by atoms with Crippen LogP contribution in [0.25, 0.3) is 0 Å². The topological polar surface area (TPSA) is 76.8 Å². The molecule has 0 saturated carbocycles. The zero-order valence-electron chi connectivity index (χ0n) is 16.1. The molecule has 25 heavy (non-hydrogen) atoms. The van der Waals surface area contributed by atoms with Crippen LogP contribution >= 0.6 is 0 Å². The zero-order chi connectivity index (χ0) is 19.8. The van der Waals surface area contributed by atoms with Crippen LogP contribution in [0.3, 0.4) is 0 Å². The van der Waals surface area contributed by atoms with E-state index in [0.29, 0.717) is 5.56 Å². The van der Waals surface area contributed by atoms with E-state index in [2.05, 4.69) is 4.74 Å². The molecule has 0 unspecified atom stereocenters. The van der Waals surface area contributed by atoms with Crippen molar-refractivity contribution in [3.05, 3.63) is 42.2 Å². The molecule has 0 saturated heterocycles. The number of rotatable bonds is 5. The fourth-order valence-electron chi connectivity index (χ4n) is 1.38. The van der Waals surface area contributed by atoms with Gasteiger partial charge in [0.05, 0.1) is 7.11 Å². The fourth-order valence-corrected chi connectivity index (χ4v) is 1.38. The van der Waals surface area contributed by atoms with Gasteiger partial charge in [-0.05, 0) is 6.07 Å². The predicted molar refractivity (Wildman–Crippen MR) is 94.6 cm³/mol. The number of aromatic nitrogens is 1. The maximum atomic E-state index is 11.8. The average molecular weight is 353 g/mol. The monoisotopic (exact) mass is 353 g/mol. The third-order valence-corrected chi connectivity index (χ3v) is 2.42. The molecule has 0 spiro atoms. The largest absolute Gasteiger partial charge is 0.466 e. The maximum Gasteiger partial charge on any atom is 0.335 e.